The minimum Gasteiger partial charge on any atom is -0.330 e. The van der Waals surface area contributed by atoms with E-state index < -0.39 is 0 Å². The lowest BCUT2D eigenvalue weighted by Gasteiger charge is -1.97. The summed E-state index contributed by atoms with van der Waals surface area (Å²) in [6.07, 6.45) is 1.01. The molecule has 3 heteroatoms. The molecular formula is C5H14N3. The zero-order chi connectivity index (χ0) is 6.24. The van der Waals surface area contributed by atoms with Gasteiger partial charge in [0.1, 0.15) is 0 Å². The average Bonchev–Trinajstić information content (AvgIpc) is 1.81. The van der Waals surface area contributed by atoms with Crippen LogP contribution in [0.25, 0.3) is 0 Å². The Bertz CT molecular complexity index is 32.7. The number of hydrogen-bond donors (Lipinski definition) is 2. The Morgan fingerprint density at radius 2 is 2.12 bits per heavy atom. The summed E-state index contributed by atoms with van der Waals surface area (Å²) in [4.78, 5) is 0. The maximum absolute atomic E-state index is 6.74. The Morgan fingerprint density at radius 1 is 1.38 bits per heavy atom. The zero-order valence-electron chi connectivity index (χ0n) is 5.11. The quantitative estimate of drug-likeness (QED) is 0.462. The van der Waals surface area contributed by atoms with Crippen molar-refractivity contribution >= 4 is 0 Å². The first kappa shape index (κ1) is 7.88. The van der Waals surface area contributed by atoms with E-state index in [0.29, 0.717) is 6.54 Å². The molecule has 49 valence electrons. The van der Waals surface area contributed by atoms with Crippen molar-refractivity contribution < 1.29 is 0 Å². The molecule has 0 amide bonds. The van der Waals surface area contributed by atoms with E-state index >= 15 is 0 Å². The van der Waals surface area contributed by atoms with Crippen molar-refractivity contribution in [2.75, 3.05) is 26.2 Å². The van der Waals surface area contributed by atoms with E-state index in [1.165, 1.54) is 0 Å². The highest BCUT2D eigenvalue weighted by molar-refractivity contribution is 4.46. The van der Waals surface area contributed by atoms with Crippen LogP contribution in [0.15, 0.2) is 0 Å². The molecule has 8 heavy (non-hydrogen) atoms. The summed E-state index contributed by atoms with van der Waals surface area (Å²) in [6.45, 7) is 2.95. The number of nitrogens with two attached hydrogens (primary N) is 1. The van der Waals surface area contributed by atoms with Gasteiger partial charge < -0.3 is 11.1 Å². The Labute approximate surface area is 50.4 Å². The highest BCUT2D eigenvalue weighted by atomic mass is 14.9. The van der Waals surface area contributed by atoms with Crippen LogP contribution in [0, 0.1) is 0 Å². The smallest absolute Gasteiger partial charge is 0.0225 e. The van der Waals surface area contributed by atoms with Gasteiger partial charge in [0.15, 0.2) is 0 Å². The van der Waals surface area contributed by atoms with E-state index in [9.17, 15) is 0 Å². The van der Waals surface area contributed by atoms with Crippen molar-refractivity contribution in [2.24, 2.45) is 5.73 Å². The summed E-state index contributed by atoms with van der Waals surface area (Å²) in [7, 11) is 0. The molecule has 0 aromatic rings. The van der Waals surface area contributed by atoms with Crippen molar-refractivity contribution in [3.63, 3.8) is 0 Å². The molecular weight excluding hydrogens is 102 g/mol. The molecule has 0 saturated heterocycles. The van der Waals surface area contributed by atoms with Gasteiger partial charge in [-0.05, 0) is 19.5 Å². The summed E-state index contributed by atoms with van der Waals surface area (Å²) in [5.74, 6) is 0. The van der Waals surface area contributed by atoms with Gasteiger partial charge in [0.05, 0.1) is 0 Å². The highest BCUT2D eigenvalue weighted by Crippen LogP contribution is 1.66. The van der Waals surface area contributed by atoms with Gasteiger partial charge in [-0.15, -0.1) is 0 Å². The molecule has 0 heterocycles. The van der Waals surface area contributed by atoms with Crippen LogP contribution in [0.5, 0.6) is 0 Å². The van der Waals surface area contributed by atoms with Gasteiger partial charge in [-0.3, -0.25) is 5.73 Å². The van der Waals surface area contributed by atoms with Gasteiger partial charge in [0, 0.05) is 13.1 Å². The minimum absolute atomic E-state index is 0.463. The van der Waals surface area contributed by atoms with Crippen LogP contribution in [0.1, 0.15) is 6.42 Å². The van der Waals surface area contributed by atoms with Crippen molar-refractivity contribution in [3.8, 4) is 0 Å². The predicted octanol–water partition coefficient (Wildman–Crippen LogP) is -0.792. The van der Waals surface area contributed by atoms with Crippen LogP contribution in [-0.2, 0) is 0 Å². The number of hydrogen-bond acceptors (Lipinski definition) is 2. The monoisotopic (exact) mass is 116 g/mol. The lowest BCUT2D eigenvalue weighted by molar-refractivity contribution is 0.655. The molecule has 0 saturated carbocycles. The first-order valence-corrected chi connectivity index (χ1v) is 2.97. The lowest BCUT2D eigenvalue weighted by atomic mass is 10.4. The SMILES string of the molecule is [NH]CCNCCCN. The largest absolute Gasteiger partial charge is 0.330 e. The van der Waals surface area contributed by atoms with E-state index in [2.05, 4.69) is 5.32 Å². The molecule has 0 spiro atoms. The molecule has 0 aromatic carbocycles. The van der Waals surface area contributed by atoms with Gasteiger partial charge >= 0.3 is 0 Å². The van der Waals surface area contributed by atoms with Crippen molar-refractivity contribution in [1.82, 2.24) is 11.1 Å². The molecule has 0 atom stereocenters. The van der Waals surface area contributed by atoms with Gasteiger partial charge in [0.2, 0.25) is 0 Å². The lowest BCUT2D eigenvalue weighted by Crippen LogP contribution is -2.21. The summed E-state index contributed by atoms with van der Waals surface area (Å²) < 4.78 is 0. The second-order valence-electron chi connectivity index (χ2n) is 1.64. The van der Waals surface area contributed by atoms with Crippen LogP contribution in [-0.4, -0.2) is 26.2 Å². The Balaban J connectivity index is 2.53. The Morgan fingerprint density at radius 3 is 2.62 bits per heavy atom. The molecule has 0 bridgehead atoms. The molecule has 0 unspecified atom stereocenters. The maximum atomic E-state index is 6.74. The average molecular weight is 116 g/mol. The minimum atomic E-state index is 0.463. The fourth-order valence-electron chi connectivity index (χ4n) is 0.440. The predicted molar refractivity (Wildman–Crippen MR) is 34.5 cm³/mol. The first-order valence-electron chi connectivity index (χ1n) is 2.97. The molecule has 0 fully saturated rings. The number of nitrogens with one attached hydrogen (secondary N) is 2. The molecule has 4 N–H and O–H groups in total. The standard InChI is InChI=1S/C5H14N3/c6-2-1-4-8-5-3-7/h7-8H,1-6H2. The van der Waals surface area contributed by atoms with Crippen molar-refractivity contribution in [1.29, 1.82) is 0 Å². The van der Waals surface area contributed by atoms with Gasteiger partial charge in [-0.25, -0.2) is 0 Å². The summed E-state index contributed by atoms with van der Waals surface area (Å²) in [6, 6.07) is 0. The van der Waals surface area contributed by atoms with E-state index in [4.69, 9.17) is 11.5 Å². The van der Waals surface area contributed by atoms with E-state index in [1.54, 1.807) is 0 Å². The van der Waals surface area contributed by atoms with Crippen LogP contribution in [0.2, 0.25) is 0 Å². The molecule has 0 aliphatic rings. The second kappa shape index (κ2) is 6.88. The van der Waals surface area contributed by atoms with Gasteiger partial charge in [0.25, 0.3) is 0 Å². The third kappa shape index (κ3) is 5.88. The van der Waals surface area contributed by atoms with Crippen LogP contribution in [0.4, 0.5) is 0 Å². The third-order valence-corrected chi connectivity index (χ3v) is 0.859. The van der Waals surface area contributed by atoms with E-state index in [-0.39, 0.29) is 0 Å². The van der Waals surface area contributed by atoms with E-state index in [1.807, 2.05) is 0 Å². The van der Waals surface area contributed by atoms with Crippen molar-refractivity contribution in [3.05, 3.63) is 0 Å². The molecule has 3 nitrogen and oxygen atoms in total. The molecule has 1 radical (unpaired) electrons. The summed E-state index contributed by atoms with van der Waals surface area (Å²) in [5.41, 5.74) is 12.0. The summed E-state index contributed by atoms with van der Waals surface area (Å²) in [5, 5.41) is 3.07. The molecule has 0 aromatic heterocycles. The first-order chi connectivity index (χ1) is 3.91. The zero-order valence-corrected chi connectivity index (χ0v) is 5.11. The van der Waals surface area contributed by atoms with Gasteiger partial charge in [-0.1, -0.05) is 0 Å². The topological polar surface area (TPSA) is 61.8 Å². The van der Waals surface area contributed by atoms with Crippen LogP contribution in [0.3, 0.4) is 0 Å². The van der Waals surface area contributed by atoms with Crippen LogP contribution >= 0.6 is 0 Å². The highest BCUT2D eigenvalue weighted by Gasteiger charge is 1.81. The van der Waals surface area contributed by atoms with Crippen molar-refractivity contribution in [2.45, 2.75) is 6.42 Å². The summed E-state index contributed by atoms with van der Waals surface area (Å²) >= 11 is 0. The Hall–Kier alpha value is -0.120. The molecule has 0 aliphatic carbocycles. The molecule has 0 rings (SSSR count). The number of rotatable bonds is 5. The Kier molecular flexibility index (Phi) is 6.78. The van der Waals surface area contributed by atoms with E-state index in [0.717, 1.165) is 26.1 Å². The normalized spacial score (nSPS) is 9.75. The third-order valence-electron chi connectivity index (χ3n) is 0.859. The molecule has 0 aliphatic heterocycles. The fourth-order valence-corrected chi connectivity index (χ4v) is 0.440. The fraction of sp³-hybridized carbons (Fsp3) is 1.00. The van der Waals surface area contributed by atoms with Crippen LogP contribution < -0.4 is 16.8 Å². The second-order valence-corrected chi connectivity index (χ2v) is 1.64. The maximum Gasteiger partial charge on any atom is 0.0225 e. The van der Waals surface area contributed by atoms with Gasteiger partial charge in [-0.2, -0.15) is 0 Å².